The summed E-state index contributed by atoms with van der Waals surface area (Å²) in [5, 5.41) is 13.4. The van der Waals surface area contributed by atoms with E-state index in [1.54, 1.807) is 6.07 Å². The number of benzene rings is 1. The Kier molecular flexibility index (Phi) is 9.03. The van der Waals surface area contributed by atoms with Crippen LogP contribution in [0.1, 0.15) is 24.9 Å². The molecule has 19 heavy (non-hydrogen) atoms. The first kappa shape index (κ1) is 19.0. The SMILES string of the molecule is CC[C@@H](c1ccc(Br)cc1O)N1CCNCC1.Cl.Cl. The molecule has 2 N–H and O–H groups in total. The molecule has 0 spiro atoms. The number of hydrogen-bond donors (Lipinski definition) is 2. The highest BCUT2D eigenvalue weighted by Gasteiger charge is 2.22. The molecule has 1 aliphatic rings. The monoisotopic (exact) mass is 370 g/mol. The van der Waals surface area contributed by atoms with Gasteiger partial charge in [0.05, 0.1) is 0 Å². The predicted molar refractivity (Wildman–Crippen MR) is 87.8 cm³/mol. The minimum absolute atomic E-state index is 0. The molecule has 0 amide bonds. The third-order valence-corrected chi connectivity index (χ3v) is 3.82. The molecule has 2 rings (SSSR count). The van der Waals surface area contributed by atoms with E-state index in [1.165, 1.54) is 0 Å². The van der Waals surface area contributed by atoms with Crippen LogP contribution in [0.5, 0.6) is 5.75 Å². The summed E-state index contributed by atoms with van der Waals surface area (Å²) in [5.41, 5.74) is 1.04. The number of aromatic hydroxyl groups is 1. The molecule has 1 aliphatic heterocycles. The lowest BCUT2D eigenvalue weighted by Crippen LogP contribution is -2.45. The van der Waals surface area contributed by atoms with E-state index >= 15 is 0 Å². The highest BCUT2D eigenvalue weighted by atomic mass is 79.9. The Morgan fingerprint density at radius 3 is 2.47 bits per heavy atom. The molecule has 6 heteroatoms. The fourth-order valence-electron chi connectivity index (χ4n) is 2.47. The van der Waals surface area contributed by atoms with Gasteiger partial charge in [-0.15, -0.1) is 24.8 Å². The highest BCUT2D eigenvalue weighted by molar-refractivity contribution is 9.10. The van der Waals surface area contributed by atoms with E-state index in [2.05, 4.69) is 33.1 Å². The number of nitrogens with one attached hydrogen (secondary N) is 1. The van der Waals surface area contributed by atoms with Crippen molar-refractivity contribution in [3.05, 3.63) is 28.2 Å². The van der Waals surface area contributed by atoms with Crippen molar-refractivity contribution in [3.63, 3.8) is 0 Å². The van der Waals surface area contributed by atoms with Gasteiger partial charge in [-0.25, -0.2) is 0 Å². The number of nitrogens with zero attached hydrogens (tertiary/aromatic N) is 1. The number of rotatable bonds is 3. The Balaban J connectivity index is 0.00000162. The van der Waals surface area contributed by atoms with Gasteiger partial charge < -0.3 is 10.4 Å². The molecule has 0 unspecified atom stereocenters. The van der Waals surface area contributed by atoms with E-state index in [4.69, 9.17) is 0 Å². The van der Waals surface area contributed by atoms with E-state index in [0.29, 0.717) is 11.8 Å². The standard InChI is InChI=1S/C13H19BrN2O.2ClH/c1-2-12(16-7-5-15-6-8-16)11-4-3-10(14)9-13(11)17;;/h3-4,9,12,15,17H,2,5-8H2,1H3;2*1H/t12-;;/m0../s1. The van der Waals surface area contributed by atoms with Gasteiger partial charge in [0.15, 0.2) is 0 Å². The van der Waals surface area contributed by atoms with Crippen molar-refractivity contribution in [2.24, 2.45) is 0 Å². The zero-order valence-electron chi connectivity index (χ0n) is 10.9. The van der Waals surface area contributed by atoms with Crippen LogP contribution in [-0.2, 0) is 0 Å². The van der Waals surface area contributed by atoms with E-state index in [9.17, 15) is 5.11 Å². The van der Waals surface area contributed by atoms with Crippen LogP contribution in [0.2, 0.25) is 0 Å². The maximum atomic E-state index is 10.1. The fraction of sp³-hybridized carbons (Fsp3) is 0.538. The summed E-state index contributed by atoms with van der Waals surface area (Å²) in [4.78, 5) is 2.44. The highest BCUT2D eigenvalue weighted by Crippen LogP contribution is 2.33. The Hall–Kier alpha value is -0.000000000000000111. The lowest BCUT2D eigenvalue weighted by atomic mass is 10.0. The molecular weight excluding hydrogens is 351 g/mol. The minimum Gasteiger partial charge on any atom is -0.508 e. The normalized spacial score (nSPS) is 17.2. The molecule has 1 heterocycles. The molecular formula is C13H21BrCl2N2O. The van der Waals surface area contributed by atoms with Crippen LogP contribution in [0.15, 0.2) is 22.7 Å². The van der Waals surface area contributed by atoms with Gasteiger partial charge in [0, 0.05) is 42.3 Å². The molecule has 1 saturated heterocycles. The lowest BCUT2D eigenvalue weighted by molar-refractivity contribution is 0.167. The Morgan fingerprint density at radius 2 is 1.95 bits per heavy atom. The number of piperazine rings is 1. The largest absolute Gasteiger partial charge is 0.508 e. The summed E-state index contributed by atoms with van der Waals surface area (Å²) in [6, 6.07) is 6.13. The second kappa shape index (κ2) is 9.03. The zero-order valence-corrected chi connectivity index (χ0v) is 14.2. The van der Waals surface area contributed by atoms with E-state index < -0.39 is 0 Å². The summed E-state index contributed by atoms with van der Waals surface area (Å²) in [6.45, 7) is 6.35. The number of halogens is 3. The quantitative estimate of drug-likeness (QED) is 0.855. The second-order valence-corrected chi connectivity index (χ2v) is 5.33. The maximum Gasteiger partial charge on any atom is 0.121 e. The Bertz CT molecular complexity index is 387. The average Bonchev–Trinajstić information content (AvgIpc) is 2.34. The van der Waals surface area contributed by atoms with Gasteiger partial charge in [0.1, 0.15) is 5.75 Å². The van der Waals surface area contributed by atoms with Gasteiger partial charge >= 0.3 is 0 Å². The van der Waals surface area contributed by atoms with Crippen LogP contribution in [0, 0.1) is 0 Å². The van der Waals surface area contributed by atoms with E-state index in [-0.39, 0.29) is 24.8 Å². The smallest absolute Gasteiger partial charge is 0.121 e. The van der Waals surface area contributed by atoms with Crippen LogP contribution in [-0.4, -0.2) is 36.2 Å². The van der Waals surface area contributed by atoms with Crippen LogP contribution in [0.3, 0.4) is 0 Å². The first-order valence-electron chi connectivity index (χ1n) is 6.15. The molecule has 1 aromatic rings. The van der Waals surface area contributed by atoms with Crippen LogP contribution >= 0.6 is 40.7 Å². The lowest BCUT2D eigenvalue weighted by Gasteiger charge is -2.35. The fourth-order valence-corrected chi connectivity index (χ4v) is 2.82. The van der Waals surface area contributed by atoms with Crippen molar-refractivity contribution in [2.45, 2.75) is 19.4 Å². The first-order valence-corrected chi connectivity index (χ1v) is 6.95. The summed E-state index contributed by atoms with van der Waals surface area (Å²) in [6.07, 6.45) is 1.02. The van der Waals surface area contributed by atoms with Crippen LogP contribution in [0.4, 0.5) is 0 Å². The number of phenolic OH excluding ortho intramolecular Hbond substituents is 1. The number of hydrogen-bond acceptors (Lipinski definition) is 3. The van der Waals surface area contributed by atoms with Crippen molar-refractivity contribution in [1.82, 2.24) is 10.2 Å². The maximum absolute atomic E-state index is 10.1. The van der Waals surface area contributed by atoms with Gasteiger partial charge in [-0.1, -0.05) is 28.9 Å². The van der Waals surface area contributed by atoms with Gasteiger partial charge in [-0.3, -0.25) is 4.90 Å². The minimum atomic E-state index is 0. The van der Waals surface area contributed by atoms with Crippen molar-refractivity contribution in [2.75, 3.05) is 26.2 Å². The Labute approximate surface area is 135 Å². The molecule has 110 valence electrons. The van der Waals surface area contributed by atoms with E-state index in [0.717, 1.165) is 42.6 Å². The van der Waals surface area contributed by atoms with Gasteiger partial charge in [0.2, 0.25) is 0 Å². The number of phenols is 1. The summed E-state index contributed by atoms with van der Waals surface area (Å²) in [7, 11) is 0. The first-order chi connectivity index (χ1) is 8.22. The third-order valence-electron chi connectivity index (χ3n) is 3.33. The molecule has 0 radical (unpaired) electrons. The van der Waals surface area contributed by atoms with Crippen molar-refractivity contribution >= 4 is 40.7 Å². The molecule has 1 fully saturated rings. The van der Waals surface area contributed by atoms with Gasteiger partial charge in [-0.2, -0.15) is 0 Å². The third kappa shape index (κ3) is 4.80. The Morgan fingerprint density at radius 1 is 1.32 bits per heavy atom. The van der Waals surface area contributed by atoms with Crippen LogP contribution < -0.4 is 5.32 Å². The summed E-state index contributed by atoms with van der Waals surface area (Å²) in [5.74, 6) is 0.393. The molecule has 1 aromatic carbocycles. The summed E-state index contributed by atoms with van der Waals surface area (Å²) < 4.78 is 0.925. The zero-order chi connectivity index (χ0) is 12.3. The van der Waals surface area contributed by atoms with Crippen LogP contribution in [0.25, 0.3) is 0 Å². The van der Waals surface area contributed by atoms with Crippen molar-refractivity contribution in [1.29, 1.82) is 0 Å². The van der Waals surface area contributed by atoms with Gasteiger partial charge in [0.25, 0.3) is 0 Å². The average molecular weight is 372 g/mol. The molecule has 0 bridgehead atoms. The van der Waals surface area contributed by atoms with Gasteiger partial charge in [-0.05, 0) is 18.6 Å². The van der Waals surface area contributed by atoms with Crippen molar-refractivity contribution < 1.29 is 5.11 Å². The van der Waals surface area contributed by atoms with E-state index in [1.807, 2.05) is 12.1 Å². The molecule has 0 aliphatic carbocycles. The second-order valence-electron chi connectivity index (χ2n) is 4.41. The van der Waals surface area contributed by atoms with Crippen molar-refractivity contribution in [3.8, 4) is 5.75 Å². The topological polar surface area (TPSA) is 35.5 Å². The summed E-state index contributed by atoms with van der Waals surface area (Å²) >= 11 is 3.38. The molecule has 0 aromatic heterocycles. The molecule has 3 nitrogen and oxygen atoms in total. The predicted octanol–water partition coefficient (Wildman–Crippen LogP) is 3.35. The molecule has 1 atom stereocenters. The molecule has 0 saturated carbocycles.